The highest BCUT2D eigenvalue weighted by Crippen LogP contribution is 2.17. The minimum atomic E-state index is -1.02. The van der Waals surface area contributed by atoms with Gasteiger partial charge in [0.15, 0.2) is 0 Å². The van der Waals surface area contributed by atoms with Crippen molar-refractivity contribution in [2.45, 2.75) is 13.1 Å². The molecular formula is C15H18N4O5. The van der Waals surface area contributed by atoms with Gasteiger partial charge < -0.3 is 19.9 Å². The Bertz CT molecular complexity index is 701. The van der Waals surface area contributed by atoms with E-state index in [1.165, 1.54) is 10.9 Å². The molecule has 1 heterocycles. The second-order valence-corrected chi connectivity index (χ2v) is 4.82. The van der Waals surface area contributed by atoms with Gasteiger partial charge in [0.25, 0.3) is 5.91 Å². The third-order valence-electron chi connectivity index (χ3n) is 2.99. The smallest absolute Gasteiger partial charge is 0.325 e. The first-order valence-electron chi connectivity index (χ1n) is 7.20. The molecule has 9 heteroatoms. The van der Waals surface area contributed by atoms with Crippen molar-refractivity contribution < 1.29 is 24.2 Å². The molecule has 1 aromatic carbocycles. The van der Waals surface area contributed by atoms with Crippen LogP contribution in [-0.4, -0.2) is 52.3 Å². The number of aromatic nitrogens is 3. The van der Waals surface area contributed by atoms with Gasteiger partial charge in [-0.2, -0.15) is 0 Å². The fourth-order valence-electron chi connectivity index (χ4n) is 1.92. The summed E-state index contributed by atoms with van der Waals surface area (Å²) >= 11 is 0. The number of carboxylic acid groups (broad SMARTS) is 1. The Morgan fingerprint density at radius 3 is 2.83 bits per heavy atom. The Morgan fingerprint density at radius 1 is 1.29 bits per heavy atom. The van der Waals surface area contributed by atoms with Crippen molar-refractivity contribution in [2.24, 2.45) is 0 Å². The molecule has 1 amide bonds. The number of para-hydroxylation sites is 1. The van der Waals surface area contributed by atoms with Crippen LogP contribution in [0.4, 0.5) is 0 Å². The van der Waals surface area contributed by atoms with Crippen LogP contribution in [-0.2, 0) is 22.6 Å². The first-order valence-corrected chi connectivity index (χ1v) is 7.20. The largest absolute Gasteiger partial charge is 0.490 e. The molecule has 0 saturated heterocycles. The number of nitrogens with one attached hydrogen (secondary N) is 1. The van der Waals surface area contributed by atoms with E-state index in [0.717, 1.165) is 0 Å². The predicted molar refractivity (Wildman–Crippen MR) is 82.6 cm³/mol. The summed E-state index contributed by atoms with van der Waals surface area (Å²) in [6.45, 7) is 0.606. The predicted octanol–water partition coefficient (Wildman–Crippen LogP) is 0.318. The van der Waals surface area contributed by atoms with E-state index in [1.54, 1.807) is 31.4 Å². The molecule has 24 heavy (non-hydrogen) atoms. The first-order chi connectivity index (χ1) is 11.6. The van der Waals surface area contributed by atoms with Crippen molar-refractivity contribution in [3.05, 3.63) is 41.7 Å². The van der Waals surface area contributed by atoms with Crippen LogP contribution in [0.3, 0.4) is 0 Å². The van der Waals surface area contributed by atoms with E-state index in [9.17, 15) is 9.59 Å². The summed E-state index contributed by atoms with van der Waals surface area (Å²) in [7, 11) is 1.57. The van der Waals surface area contributed by atoms with Crippen molar-refractivity contribution in [2.75, 3.05) is 20.3 Å². The van der Waals surface area contributed by atoms with Crippen LogP contribution >= 0.6 is 0 Å². The van der Waals surface area contributed by atoms with Gasteiger partial charge in [-0.3, -0.25) is 9.59 Å². The number of aliphatic carboxylic acids is 1. The molecule has 0 unspecified atom stereocenters. The van der Waals surface area contributed by atoms with Crippen molar-refractivity contribution >= 4 is 11.9 Å². The molecule has 2 aromatic rings. The van der Waals surface area contributed by atoms with E-state index in [2.05, 4.69) is 15.6 Å². The van der Waals surface area contributed by atoms with Gasteiger partial charge in [-0.05, 0) is 12.1 Å². The number of carbonyl (C=O) groups is 2. The lowest BCUT2D eigenvalue weighted by Crippen LogP contribution is -2.24. The number of carboxylic acids is 1. The summed E-state index contributed by atoms with van der Waals surface area (Å²) in [5, 5.41) is 18.9. The number of ether oxygens (including phenoxy) is 2. The molecule has 0 saturated carbocycles. The normalized spacial score (nSPS) is 10.4. The van der Waals surface area contributed by atoms with E-state index >= 15 is 0 Å². The Hall–Kier alpha value is -2.94. The molecule has 9 nitrogen and oxygen atoms in total. The quantitative estimate of drug-likeness (QED) is 0.634. The van der Waals surface area contributed by atoms with Crippen LogP contribution < -0.4 is 10.1 Å². The molecule has 0 aliphatic rings. The van der Waals surface area contributed by atoms with Crippen molar-refractivity contribution in [1.82, 2.24) is 20.3 Å². The molecule has 0 fully saturated rings. The van der Waals surface area contributed by atoms with Crippen molar-refractivity contribution in [3.63, 3.8) is 0 Å². The number of carbonyl (C=O) groups excluding carboxylic acids is 1. The molecule has 2 rings (SSSR count). The molecular weight excluding hydrogens is 316 g/mol. The van der Waals surface area contributed by atoms with Crippen LogP contribution in [0.2, 0.25) is 0 Å². The topological polar surface area (TPSA) is 116 Å². The molecule has 0 bridgehead atoms. The van der Waals surface area contributed by atoms with Gasteiger partial charge >= 0.3 is 5.97 Å². The molecule has 0 spiro atoms. The Labute approximate surface area is 138 Å². The van der Waals surface area contributed by atoms with Gasteiger partial charge in [-0.15, -0.1) is 5.10 Å². The number of nitrogens with zero attached hydrogens (tertiary/aromatic N) is 3. The molecule has 0 radical (unpaired) electrons. The van der Waals surface area contributed by atoms with Gasteiger partial charge in [0.05, 0.1) is 24.9 Å². The number of hydrogen-bond acceptors (Lipinski definition) is 6. The third kappa shape index (κ3) is 5.06. The highest BCUT2D eigenvalue weighted by atomic mass is 16.5. The second kappa shape index (κ2) is 8.63. The Morgan fingerprint density at radius 2 is 2.08 bits per heavy atom. The number of amides is 1. The minimum absolute atomic E-state index is 0.130. The summed E-state index contributed by atoms with van der Waals surface area (Å²) in [5.74, 6) is -0.880. The fraction of sp³-hybridized carbons (Fsp3) is 0.333. The zero-order chi connectivity index (χ0) is 17.4. The molecule has 2 N–H and O–H groups in total. The maximum absolute atomic E-state index is 12.3. The standard InChI is InChI=1S/C15H18N4O5/c1-23-6-7-24-13-5-3-2-4-12(13)15(22)16-8-11-9-19(18-17-11)10-14(20)21/h2-5,9H,6-8,10H2,1H3,(H,16,22)(H,20,21). The lowest BCUT2D eigenvalue weighted by molar-refractivity contribution is -0.137. The number of methoxy groups -OCH3 is 1. The van der Waals surface area contributed by atoms with Crippen LogP contribution in [0.15, 0.2) is 30.5 Å². The van der Waals surface area contributed by atoms with Gasteiger partial charge in [0, 0.05) is 7.11 Å². The average Bonchev–Trinajstić information content (AvgIpc) is 3.00. The molecule has 1 aromatic heterocycles. The van der Waals surface area contributed by atoms with Crippen LogP contribution in [0, 0.1) is 0 Å². The van der Waals surface area contributed by atoms with Crippen molar-refractivity contribution in [3.8, 4) is 5.75 Å². The van der Waals surface area contributed by atoms with Gasteiger partial charge in [0.1, 0.15) is 24.6 Å². The summed E-state index contributed by atoms with van der Waals surface area (Å²) in [6.07, 6.45) is 1.47. The average molecular weight is 334 g/mol. The number of hydrogen-bond donors (Lipinski definition) is 2. The molecule has 0 aliphatic carbocycles. The van der Waals surface area contributed by atoms with E-state index in [0.29, 0.717) is 30.2 Å². The van der Waals surface area contributed by atoms with Gasteiger partial charge in [0.2, 0.25) is 0 Å². The third-order valence-corrected chi connectivity index (χ3v) is 2.99. The first kappa shape index (κ1) is 17.4. The van der Waals surface area contributed by atoms with Gasteiger partial charge in [-0.1, -0.05) is 17.3 Å². The highest BCUT2D eigenvalue weighted by molar-refractivity contribution is 5.96. The van der Waals surface area contributed by atoms with Gasteiger partial charge in [-0.25, -0.2) is 4.68 Å². The molecule has 128 valence electrons. The monoisotopic (exact) mass is 334 g/mol. The highest BCUT2D eigenvalue weighted by Gasteiger charge is 2.13. The SMILES string of the molecule is COCCOc1ccccc1C(=O)NCc1cn(CC(=O)O)nn1. The minimum Gasteiger partial charge on any atom is -0.490 e. The lowest BCUT2D eigenvalue weighted by atomic mass is 10.2. The summed E-state index contributed by atoms with van der Waals surface area (Å²) in [5.41, 5.74) is 0.855. The Kier molecular flexibility index (Phi) is 6.26. The van der Waals surface area contributed by atoms with Crippen LogP contribution in [0.25, 0.3) is 0 Å². The number of rotatable bonds is 9. The zero-order valence-electron chi connectivity index (χ0n) is 13.1. The second-order valence-electron chi connectivity index (χ2n) is 4.82. The summed E-state index contributed by atoms with van der Waals surface area (Å²) in [4.78, 5) is 22.9. The van der Waals surface area contributed by atoms with Crippen molar-refractivity contribution in [1.29, 1.82) is 0 Å². The van der Waals surface area contributed by atoms with E-state index < -0.39 is 5.97 Å². The maximum Gasteiger partial charge on any atom is 0.325 e. The molecule has 0 aliphatic heterocycles. The lowest BCUT2D eigenvalue weighted by Gasteiger charge is -2.10. The van der Waals surface area contributed by atoms with Crippen LogP contribution in [0.1, 0.15) is 16.1 Å². The maximum atomic E-state index is 12.3. The van der Waals surface area contributed by atoms with Crippen LogP contribution in [0.5, 0.6) is 5.75 Å². The van der Waals surface area contributed by atoms with E-state index in [-0.39, 0.29) is 19.0 Å². The fourth-order valence-corrected chi connectivity index (χ4v) is 1.92. The van der Waals surface area contributed by atoms with E-state index in [1.807, 2.05) is 0 Å². The Balaban J connectivity index is 1.94. The summed E-state index contributed by atoms with van der Waals surface area (Å²) in [6, 6.07) is 6.87. The van der Waals surface area contributed by atoms with E-state index in [4.69, 9.17) is 14.6 Å². The summed E-state index contributed by atoms with van der Waals surface area (Å²) < 4.78 is 11.6. The zero-order valence-corrected chi connectivity index (χ0v) is 13.1. The number of benzene rings is 1. The molecule has 0 atom stereocenters.